The highest BCUT2D eigenvalue weighted by atomic mass is 19.3. The quantitative estimate of drug-likeness (QED) is 0.331. The maximum absolute atomic E-state index is 12.0. The first-order chi connectivity index (χ1) is 9.26. The number of nitrogens with one attached hydrogen (secondary N) is 1. The number of rotatable bonds is 5. The van der Waals surface area contributed by atoms with Gasteiger partial charge in [-0.2, -0.15) is 8.78 Å². The highest BCUT2D eigenvalue weighted by Gasteiger charge is 2.26. The van der Waals surface area contributed by atoms with Gasteiger partial charge in [-0.05, 0) is 38.1 Å². The second-order valence-corrected chi connectivity index (χ2v) is 4.47. The standard InChI is InChI=1S/C12H15F2N3O3/c1-12(2,10(15)17-19)16-9(18)7-3-5-8(6-4-7)20-11(13)14/h3-6,11,19H,1-2H3,(H2,15,17)(H,16,18). The van der Waals surface area contributed by atoms with Crippen LogP contribution < -0.4 is 15.8 Å². The summed E-state index contributed by atoms with van der Waals surface area (Å²) in [6, 6.07) is 5.15. The fourth-order valence-electron chi connectivity index (χ4n) is 1.33. The number of alkyl halides is 2. The minimum Gasteiger partial charge on any atom is -0.435 e. The van der Waals surface area contributed by atoms with Crippen molar-refractivity contribution in [2.24, 2.45) is 10.9 Å². The van der Waals surface area contributed by atoms with Gasteiger partial charge in [0.1, 0.15) is 5.75 Å². The molecule has 0 heterocycles. The lowest BCUT2D eigenvalue weighted by Crippen LogP contribution is -2.53. The van der Waals surface area contributed by atoms with E-state index >= 15 is 0 Å². The zero-order chi connectivity index (χ0) is 15.3. The maximum Gasteiger partial charge on any atom is 0.387 e. The molecule has 4 N–H and O–H groups in total. The van der Waals surface area contributed by atoms with Crippen molar-refractivity contribution in [1.29, 1.82) is 0 Å². The van der Waals surface area contributed by atoms with Crippen molar-refractivity contribution >= 4 is 11.7 Å². The lowest BCUT2D eigenvalue weighted by molar-refractivity contribution is -0.0498. The number of halogens is 2. The van der Waals surface area contributed by atoms with Gasteiger partial charge in [0.25, 0.3) is 5.91 Å². The van der Waals surface area contributed by atoms with E-state index in [9.17, 15) is 13.6 Å². The molecule has 0 unspecified atom stereocenters. The van der Waals surface area contributed by atoms with Gasteiger partial charge in [-0.15, -0.1) is 0 Å². The Morgan fingerprint density at radius 3 is 2.40 bits per heavy atom. The smallest absolute Gasteiger partial charge is 0.387 e. The number of ether oxygens (including phenoxy) is 1. The lowest BCUT2D eigenvalue weighted by atomic mass is 10.0. The third-order valence-corrected chi connectivity index (χ3v) is 2.52. The summed E-state index contributed by atoms with van der Waals surface area (Å²) in [6.07, 6.45) is 0. The second-order valence-electron chi connectivity index (χ2n) is 4.47. The zero-order valence-electron chi connectivity index (χ0n) is 10.9. The summed E-state index contributed by atoms with van der Waals surface area (Å²) >= 11 is 0. The van der Waals surface area contributed by atoms with Gasteiger partial charge >= 0.3 is 6.61 Å². The Bertz CT molecular complexity index is 501. The molecular formula is C12H15F2N3O3. The number of nitrogens with zero attached hydrogens (tertiary/aromatic N) is 1. The van der Waals surface area contributed by atoms with Crippen LogP contribution in [0.15, 0.2) is 29.4 Å². The molecule has 0 spiro atoms. The van der Waals surface area contributed by atoms with Gasteiger partial charge in [0.05, 0.1) is 5.54 Å². The molecule has 0 atom stereocenters. The Morgan fingerprint density at radius 1 is 1.40 bits per heavy atom. The van der Waals surface area contributed by atoms with Crippen LogP contribution in [0.4, 0.5) is 8.78 Å². The van der Waals surface area contributed by atoms with Crippen LogP contribution >= 0.6 is 0 Å². The number of amidine groups is 1. The highest BCUT2D eigenvalue weighted by Crippen LogP contribution is 2.15. The van der Waals surface area contributed by atoms with Crippen molar-refractivity contribution in [2.75, 3.05) is 0 Å². The van der Waals surface area contributed by atoms with Crippen molar-refractivity contribution < 1.29 is 23.5 Å². The van der Waals surface area contributed by atoms with E-state index in [4.69, 9.17) is 10.9 Å². The monoisotopic (exact) mass is 287 g/mol. The molecule has 110 valence electrons. The number of amides is 1. The molecule has 0 aromatic heterocycles. The normalized spacial score (nSPS) is 12.3. The molecule has 0 radical (unpaired) electrons. The van der Waals surface area contributed by atoms with E-state index in [1.54, 1.807) is 13.8 Å². The number of benzene rings is 1. The molecule has 6 nitrogen and oxygen atoms in total. The van der Waals surface area contributed by atoms with Crippen molar-refractivity contribution in [3.63, 3.8) is 0 Å². The van der Waals surface area contributed by atoms with E-state index in [1.165, 1.54) is 24.3 Å². The molecular weight excluding hydrogens is 272 g/mol. The minimum atomic E-state index is -2.92. The van der Waals surface area contributed by atoms with E-state index in [-0.39, 0.29) is 17.1 Å². The van der Waals surface area contributed by atoms with Gasteiger partial charge in [-0.1, -0.05) is 5.16 Å². The molecule has 20 heavy (non-hydrogen) atoms. The molecule has 0 saturated heterocycles. The number of nitrogens with two attached hydrogens (primary N) is 1. The van der Waals surface area contributed by atoms with E-state index in [0.717, 1.165) is 0 Å². The average Bonchev–Trinajstić information content (AvgIpc) is 2.37. The van der Waals surface area contributed by atoms with Crippen LogP contribution in [-0.2, 0) is 0 Å². The molecule has 0 aliphatic rings. The van der Waals surface area contributed by atoms with E-state index in [0.29, 0.717) is 0 Å². The summed E-state index contributed by atoms with van der Waals surface area (Å²) in [5.41, 5.74) is 4.61. The molecule has 1 aromatic carbocycles. The summed E-state index contributed by atoms with van der Waals surface area (Å²) in [7, 11) is 0. The molecule has 1 aromatic rings. The summed E-state index contributed by atoms with van der Waals surface area (Å²) in [6.45, 7) is 0.178. The first kappa shape index (κ1) is 15.7. The van der Waals surface area contributed by atoms with Crippen LogP contribution in [0.3, 0.4) is 0 Å². The van der Waals surface area contributed by atoms with Crippen LogP contribution in [0.25, 0.3) is 0 Å². The SMILES string of the molecule is CC(C)(NC(=O)c1ccc(OC(F)F)cc1)/C(N)=N/O. The van der Waals surface area contributed by atoms with E-state index in [2.05, 4.69) is 15.2 Å². The molecule has 0 bridgehead atoms. The number of carbonyl (C=O) groups is 1. The number of carbonyl (C=O) groups excluding carboxylic acids is 1. The molecule has 0 aliphatic heterocycles. The largest absolute Gasteiger partial charge is 0.435 e. The van der Waals surface area contributed by atoms with Gasteiger partial charge in [0.2, 0.25) is 0 Å². The minimum absolute atomic E-state index is 0.0488. The first-order valence-corrected chi connectivity index (χ1v) is 5.61. The van der Waals surface area contributed by atoms with Crippen molar-refractivity contribution in [3.05, 3.63) is 29.8 Å². The molecule has 1 amide bonds. The Morgan fingerprint density at radius 2 is 1.95 bits per heavy atom. The van der Waals surface area contributed by atoms with Gasteiger partial charge < -0.3 is 21.0 Å². The van der Waals surface area contributed by atoms with Crippen LogP contribution in [0.1, 0.15) is 24.2 Å². The molecule has 1 rings (SSSR count). The van der Waals surface area contributed by atoms with Gasteiger partial charge in [0.15, 0.2) is 5.84 Å². The fraction of sp³-hybridized carbons (Fsp3) is 0.333. The summed E-state index contributed by atoms with van der Waals surface area (Å²) in [4.78, 5) is 11.9. The van der Waals surface area contributed by atoms with Crippen molar-refractivity contribution in [3.8, 4) is 5.75 Å². The van der Waals surface area contributed by atoms with Crippen molar-refractivity contribution in [1.82, 2.24) is 5.32 Å². The third-order valence-electron chi connectivity index (χ3n) is 2.52. The van der Waals surface area contributed by atoms with Crippen LogP contribution in [0.2, 0.25) is 0 Å². The summed E-state index contributed by atoms with van der Waals surface area (Å²) in [5.74, 6) is -0.707. The summed E-state index contributed by atoms with van der Waals surface area (Å²) < 4.78 is 28.1. The Kier molecular flexibility index (Phi) is 4.84. The Hall–Kier alpha value is -2.38. The Balaban J connectivity index is 2.78. The summed E-state index contributed by atoms with van der Waals surface area (Å²) in [5, 5.41) is 14.0. The van der Waals surface area contributed by atoms with Crippen LogP contribution in [-0.4, -0.2) is 29.1 Å². The van der Waals surface area contributed by atoms with Crippen LogP contribution in [0, 0.1) is 0 Å². The van der Waals surface area contributed by atoms with Gasteiger partial charge in [-0.25, -0.2) is 0 Å². The second kappa shape index (κ2) is 6.18. The predicted molar refractivity (Wildman–Crippen MR) is 68.0 cm³/mol. The van der Waals surface area contributed by atoms with E-state index in [1.807, 2.05) is 0 Å². The molecule has 0 saturated carbocycles. The number of hydrogen-bond donors (Lipinski definition) is 3. The van der Waals surface area contributed by atoms with Crippen LogP contribution in [0.5, 0.6) is 5.75 Å². The molecule has 0 fully saturated rings. The zero-order valence-corrected chi connectivity index (χ0v) is 10.9. The fourth-order valence-corrected chi connectivity index (χ4v) is 1.33. The van der Waals surface area contributed by atoms with Gasteiger partial charge in [-0.3, -0.25) is 4.79 Å². The van der Waals surface area contributed by atoms with Gasteiger partial charge in [0, 0.05) is 5.56 Å². The highest BCUT2D eigenvalue weighted by molar-refractivity contribution is 5.99. The Labute approximate surface area is 114 Å². The number of oxime groups is 1. The predicted octanol–water partition coefficient (Wildman–Crippen LogP) is 1.54. The topological polar surface area (TPSA) is 96.9 Å². The lowest BCUT2D eigenvalue weighted by Gasteiger charge is -2.24. The van der Waals surface area contributed by atoms with Crippen molar-refractivity contribution in [2.45, 2.75) is 26.0 Å². The molecule has 0 aliphatic carbocycles. The molecule has 8 heteroatoms. The maximum atomic E-state index is 12.0. The number of hydrogen-bond acceptors (Lipinski definition) is 4. The average molecular weight is 287 g/mol. The van der Waals surface area contributed by atoms with E-state index < -0.39 is 18.1 Å². The first-order valence-electron chi connectivity index (χ1n) is 5.61. The third kappa shape index (κ3) is 4.08.